The lowest BCUT2D eigenvalue weighted by Crippen LogP contribution is -2.40. The van der Waals surface area contributed by atoms with Crippen molar-refractivity contribution in [2.75, 3.05) is 25.9 Å². The summed E-state index contributed by atoms with van der Waals surface area (Å²) in [7, 11) is 2.02. The van der Waals surface area contributed by atoms with E-state index in [2.05, 4.69) is 14.9 Å². The standard InChI is InChI=1S/C11H17N5O3/c1-15-5-3-2-4-8(15)6-19-11-9(16(17)18)10(12)13-7-14-11/h7-8H,2-6H2,1H3,(H2,12,13,14). The molecule has 0 aromatic carbocycles. The lowest BCUT2D eigenvalue weighted by atomic mass is 10.0. The Labute approximate surface area is 110 Å². The number of likely N-dealkylation sites (N-methyl/N-ethyl adjacent to an activating group) is 1. The first kappa shape index (κ1) is 13.5. The van der Waals surface area contributed by atoms with Gasteiger partial charge in [0.25, 0.3) is 5.88 Å². The first-order valence-electron chi connectivity index (χ1n) is 6.17. The lowest BCUT2D eigenvalue weighted by Gasteiger charge is -2.31. The summed E-state index contributed by atoms with van der Waals surface area (Å²) in [4.78, 5) is 19.9. The van der Waals surface area contributed by atoms with E-state index >= 15 is 0 Å². The molecular formula is C11H17N5O3. The monoisotopic (exact) mass is 267 g/mol. The number of nitrogens with two attached hydrogens (primary N) is 1. The van der Waals surface area contributed by atoms with Crippen molar-refractivity contribution in [2.45, 2.75) is 25.3 Å². The van der Waals surface area contributed by atoms with Crippen LogP contribution in [0.1, 0.15) is 19.3 Å². The maximum atomic E-state index is 10.9. The normalized spacial score (nSPS) is 20.2. The summed E-state index contributed by atoms with van der Waals surface area (Å²) in [6.07, 6.45) is 4.51. The number of hydrogen-bond acceptors (Lipinski definition) is 7. The molecule has 0 aliphatic carbocycles. The molecule has 2 rings (SSSR count). The topological polar surface area (TPSA) is 107 Å². The van der Waals surface area contributed by atoms with Gasteiger partial charge in [-0.2, -0.15) is 4.98 Å². The second-order valence-corrected chi connectivity index (χ2v) is 4.61. The Morgan fingerprint density at radius 1 is 1.58 bits per heavy atom. The van der Waals surface area contributed by atoms with E-state index in [-0.39, 0.29) is 23.4 Å². The van der Waals surface area contributed by atoms with Crippen molar-refractivity contribution >= 4 is 11.5 Å². The third-order valence-corrected chi connectivity index (χ3v) is 3.33. The zero-order chi connectivity index (χ0) is 13.8. The van der Waals surface area contributed by atoms with Gasteiger partial charge in [-0.25, -0.2) is 4.98 Å². The molecule has 2 heterocycles. The smallest absolute Gasteiger partial charge is 0.372 e. The Morgan fingerprint density at radius 3 is 3.05 bits per heavy atom. The van der Waals surface area contributed by atoms with Crippen LogP contribution in [0.25, 0.3) is 0 Å². The average Bonchev–Trinajstić information content (AvgIpc) is 2.37. The molecule has 8 nitrogen and oxygen atoms in total. The van der Waals surface area contributed by atoms with E-state index in [1.165, 1.54) is 12.7 Å². The van der Waals surface area contributed by atoms with Gasteiger partial charge in [0.15, 0.2) is 0 Å². The van der Waals surface area contributed by atoms with Crippen LogP contribution in [0, 0.1) is 10.1 Å². The lowest BCUT2D eigenvalue weighted by molar-refractivity contribution is -0.385. The quantitative estimate of drug-likeness (QED) is 0.635. The number of aromatic nitrogens is 2. The van der Waals surface area contributed by atoms with Gasteiger partial charge in [0, 0.05) is 6.04 Å². The molecule has 0 radical (unpaired) electrons. The first-order valence-corrected chi connectivity index (χ1v) is 6.17. The molecular weight excluding hydrogens is 250 g/mol. The molecule has 1 unspecified atom stereocenters. The van der Waals surface area contributed by atoms with Crippen LogP contribution in [-0.2, 0) is 0 Å². The summed E-state index contributed by atoms with van der Waals surface area (Å²) in [6, 6.07) is 0.254. The van der Waals surface area contributed by atoms with Crippen LogP contribution in [0.3, 0.4) is 0 Å². The third-order valence-electron chi connectivity index (χ3n) is 3.33. The van der Waals surface area contributed by atoms with Crippen molar-refractivity contribution in [2.24, 2.45) is 0 Å². The molecule has 19 heavy (non-hydrogen) atoms. The number of ether oxygens (including phenoxy) is 1. The SMILES string of the molecule is CN1CCCCC1COc1ncnc(N)c1[N+](=O)[O-]. The van der Waals surface area contributed by atoms with Gasteiger partial charge >= 0.3 is 5.69 Å². The Bertz CT molecular complexity index is 468. The summed E-state index contributed by atoms with van der Waals surface area (Å²) < 4.78 is 5.47. The van der Waals surface area contributed by atoms with E-state index in [1.807, 2.05) is 7.05 Å². The van der Waals surface area contributed by atoms with Gasteiger partial charge in [0.05, 0.1) is 4.92 Å². The summed E-state index contributed by atoms with van der Waals surface area (Å²) in [5.74, 6) is -0.233. The number of nitro groups is 1. The Balaban J connectivity index is 2.07. The minimum Gasteiger partial charge on any atom is -0.471 e. The van der Waals surface area contributed by atoms with E-state index in [0.29, 0.717) is 6.61 Å². The fourth-order valence-corrected chi connectivity index (χ4v) is 2.18. The van der Waals surface area contributed by atoms with Crippen molar-refractivity contribution in [1.82, 2.24) is 14.9 Å². The van der Waals surface area contributed by atoms with E-state index in [1.54, 1.807) is 0 Å². The fourth-order valence-electron chi connectivity index (χ4n) is 2.18. The largest absolute Gasteiger partial charge is 0.471 e. The van der Waals surface area contributed by atoms with Gasteiger partial charge < -0.3 is 15.4 Å². The zero-order valence-corrected chi connectivity index (χ0v) is 10.8. The van der Waals surface area contributed by atoms with Crippen molar-refractivity contribution in [3.05, 3.63) is 16.4 Å². The molecule has 1 aliphatic heterocycles. The molecule has 0 amide bonds. The number of rotatable bonds is 4. The molecule has 1 aromatic rings. The van der Waals surface area contributed by atoms with Crippen molar-refractivity contribution in [3.8, 4) is 5.88 Å². The fraction of sp³-hybridized carbons (Fsp3) is 0.636. The maximum absolute atomic E-state index is 10.9. The predicted molar refractivity (Wildman–Crippen MR) is 68.9 cm³/mol. The van der Waals surface area contributed by atoms with Crippen molar-refractivity contribution < 1.29 is 9.66 Å². The molecule has 2 N–H and O–H groups in total. The molecule has 1 aromatic heterocycles. The number of anilines is 1. The highest BCUT2D eigenvalue weighted by atomic mass is 16.6. The number of likely N-dealkylation sites (tertiary alicyclic amines) is 1. The second kappa shape index (κ2) is 5.79. The van der Waals surface area contributed by atoms with Gasteiger partial charge in [-0.3, -0.25) is 10.1 Å². The van der Waals surface area contributed by atoms with E-state index in [9.17, 15) is 10.1 Å². The maximum Gasteiger partial charge on any atom is 0.372 e. The highest BCUT2D eigenvalue weighted by Gasteiger charge is 2.25. The summed E-state index contributed by atoms with van der Waals surface area (Å²) in [5, 5.41) is 10.9. The van der Waals surface area contributed by atoms with Gasteiger partial charge in [0.2, 0.25) is 5.82 Å². The minimum absolute atomic E-state index is 0.0588. The predicted octanol–water partition coefficient (Wildman–Crippen LogP) is 0.830. The van der Waals surface area contributed by atoms with Crippen LogP contribution in [0.5, 0.6) is 5.88 Å². The summed E-state index contributed by atoms with van der Waals surface area (Å²) in [5.41, 5.74) is 5.11. The molecule has 0 spiro atoms. The molecule has 0 bridgehead atoms. The Kier molecular flexibility index (Phi) is 4.10. The Hall–Kier alpha value is -1.96. The van der Waals surface area contributed by atoms with E-state index < -0.39 is 4.92 Å². The summed E-state index contributed by atoms with van der Waals surface area (Å²) in [6.45, 7) is 1.38. The highest BCUT2D eigenvalue weighted by Crippen LogP contribution is 2.29. The molecule has 1 fully saturated rings. The molecule has 104 valence electrons. The Morgan fingerprint density at radius 2 is 2.37 bits per heavy atom. The van der Waals surface area contributed by atoms with Crippen LogP contribution in [0.2, 0.25) is 0 Å². The van der Waals surface area contributed by atoms with Crippen molar-refractivity contribution in [1.29, 1.82) is 0 Å². The second-order valence-electron chi connectivity index (χ2n) is 4.61. The van der Waals surface area contributed by atoms with Crippen LogP contribution in [0.4, 0.5) is 11.5 Å². The number of hydrogen-bond donors (Lipinski definition) is 1. The molecule has 1 atom stereocenters. The zero-order valence-electron chi connectivity index (χ0n) is 10.8. The molecule has 0 saturated carbocycles. The van der Waals surface area contributed by atoms with Gasteiger partial charge in [-0.05, 0) is 26.4 Å². The number of nitrogens with zero attached hydrogens (tertiary/aromatic N) is 4. The first-order chi connectivity index (χ1) is 9.09. The van der Waals surface area contributed by atoms with Crippen LogP contribution >= 0.6 is 0 Å². The van der Waals surface area contributed by atoms with Crippen LogP contribution < -0.4 is 10.5 Å². The van der Waals surface area contributed by atoms with Crippen molar-refractivity contribution in [3.63, 3.8) is 0 Å². The number of piperidine rings is 1. The third kappa shape index (κ3) is 3.08. The number of nitrogen functional groups attached to an aromatic ring is 1. The van der Waals surface area contributed by atoms with Gasteiger partial charge in [-0.15, -0.1) is 0 Å². The van der Waals surface area contributed by atoms with Gasteiger partial charge in [-0.1, -0.05) is 6.42 Å². The minimum atomic E-state index is -0.616. The molecule has 8 heteroatoms. The highest BCUT2D eigenvalue weighted by molar-refractivity contribution is 5.57. The molecule has 1 saturated heterocycles. The van der Waals surface area contributed by atoms with Gasteiger partial charge in [0.1, 0.15) is 12.9 Å². The van der Waals surface area contributed by atoms with E-state index in [0.717, 1.165) is 19.4 Å². The molecule has 1 aliphatic rings. The average molecular weight is 267 g/mol. The van der Waals surface area contributed by atoms with Crippen LogP contribution in [0.15, 0.2) is 6.33 Å². The van der Waals surface area contributed by atoms with E-state index in [4.69, 9.17) is 10.5 Å². The van der Waals surface area contributed by atoms with Crippen LogP contribution in [-0.4, -0.2) is 46.0 Å². The summed E-state index contributed by atoms with van der Waals surface area (Å²) >= 11 is 0.